The molecular weight excluding hydrogens is 345 g/mol. The fourth-order valence-electron chi connectivity index (χ4n) is 1.42. The standard InChI is InChI=1S/C11H7Cl2NO4S2/c12-6-3-7(13)5-8(4-6)20(17,18)14-10-9(11(15)16)1-2-19-10/h1-5,14H,(H,15,16). The lowest BCUT2D eigenvalue weighted by Gasteiger charge is -2.08. The number of hydrogen-bond donors (Lipinski definition) is 2. The summed E-state index contributed by atoms with van der Waals surface area (Å²) in [6.07, 6.45) is 0. The maximum atomic E-state index is 12.2. The molecular formula is C11H7Cl2NO4S2. The maximum Gasteiger partial charge on any atom is 0.338 e. The fourth-order valence-corrected chi connectivity index (χ4v) is 4.26. The topological polar surface area (TPSA) is 83.5 Å². The van der Waals surface area contributed by atoms with Gasteiger partial charge in [0.25, 0.3) is 10.0 Å². The summed E-state index contributed by atoms with van der Waals surface area (Å²) < 4.78 is 26.5. The second-order valence-electron chi connectivity index (χ2n) is 3.68. The van der Waals surface area contributed by atoms with E-state index in [1.165, 1.54) is 29.6 Å². The summed E-state index contributed by atoms with van der Waals surface area (Å²) in [5, 5.41) is 10.8. The average molecular weight is 352 g/mol. The first-order valence-corrected chi connectivity index (χ1v) is 8.21. The van der Waals surface area contributed by atoms with Crippen LogP contribution in [0.1, 0.15) is 10.4 Å². The predicted octanol–water partition coefficient (Wildman–Crippen LogP) is 3.55. The summed E-state index contributed by atoms with van der Waals surface area (Å²) in [7, 11) is -3.96. The minimum atomic E-state index is -3.96. The number of halogens is 2. The highest BCUT2D eigenvalue weighted by Crippen LogP contribution is 2.28. The van der Waals surface area contributed by atoms with Crippen LogP contribution in [0.25, 0.3) is 0 Å². The summed E-state index contributed by atoms with van der Waals surface area (Å²) in [4.78, 5) is 10.8. The number of benzene rings is 1. The van der Waals surface area contributed by atoms with E-state index in [2.05, 4.69) is 4.72 Å². The third-order valence-corrected chi connectivity index (χ3v) is 4.99. The van der Waals surface area contributed by atoms with Crippen molar-refractivity contribution < 1.29 is 18.3 Å². The lowest BCUT2D eigenvalue weighted by molar-refractivity contribution is 0.0698. The molecule has 0 radical (unpaired) electrons. The number of hydrogen-bond acceptors (Lipinski definition) is 4. The molecule has 0 amide bonds. The molecule has 2 rings (SSSR count). The molecule has 1 aromatic carbocycles. The number of thiophene rings is 1. The number of carboxylic acid groups (broad SMARTS) is 1. The second-order valence-corrected chi connectivity index (χ2v) is 7.15. The van der Waals surface area contributed by atoms with Crippen molar-refractivity contribution in [1.29, 1.82) is 0 Å². The summed E-state index contributed by atoms with van der Waals surface area (Å²) in [6.45, 7) is 0. The molecule has 106 valence electrons. The van der Waals surface area contributed by atoms with Crippen molar-refractivity contribution in [3.8, 4) is 0 Å². The SMILES string of the molecule is O=C(O)c1ccsc1NS(=O)(=O)c1cc(Cl)cc(Cl)c1. The van der Waals surface area contributed by atoms with E-state index in [1.807, 2.05) is 0 Å². The molecule has 0 spiro atoms. The molecule has 9 heteroatoms. The molecule has 0 aliphatic rings. The van der Waals surface area contributed by atoms with E-state index >= 15 is 0 Å². The molecule has 0 saturated heterocycles. The Bertz CT molecular complexity index is 750. The molecule has 5 nitrogen and oxygen atoms in total. The van der Waals surface area contributed by atoms with Crippen molar-refractivity contribution in [2.75, 3.05) is 4.72 Å². The Morgan fingerprint density at radius 3 is 2.35 bits per heavy atom. The van der Waals surface area contributed by atoms with Gasteiger partial charge in [-0.3, -0.25) is 4.72 Å². The molecule has 1 aromatic heterocycles. The zero-order valence-electron chi connectivity index (χ0n) is 9.63. The lowest BCUT2D eigenvalue weighted by atomic mass is 10.3. The highest BCUT2D eigenvalue weighted by atomic mass is 35.5. The van der Waals surface area contributed by atoms with Gasteiger partial charge in [0.05, 0.1) is 10.5 Å². The van der Waals surface area contributed by atoms with Crippen LogP contribution in [0.5, 0.6) is 0 Å². The third-order valence-electron chi connectivity index (χ3n) is 2.27. The molecule has 2 N–H and O–H groups in total. The van der Waals surface area contributed by atoms with E-state index in [0.29, 0.717) is 0 Å². The van der Waals surface area contributed by atoms with Crippen LogP contribution in [0, 0.1) is 0 Å². The van der Waals surface area contributed by atoms with Crippen LogP contribution in [0.15, 0.2) is 34.5 Å². The Kier molecular flexibility index (Phi) is 4.24. The fraction of sp³-hybridized carbons (Fsp3) is 0. The summed E-state index contributed by atoms with van der Waals surface area (Å²) >= 11 is 12.5. The van der Waals surface area contributed by atoms with Crippen LogP contribution in [0.3, 0.4) is 0 Å². The van der Waals surface area contributed by atoms with Crippen LogP contribution in [-0.2, 0) is 10.0 Å². The van der Waals surface area contributed by atoms with Gasteiger partial charge in [0.15, 0.2) is 0 Å². The van der Waals surface area contributed by atoms with Crippen LogP contribution >= 0.6 is 34.5 Å². The van der Waals surface area contributed by atoms with Gasteiger partial charge in [0.1, 0.15) is 5.00 Å². The van der Waals surface area contributed by atoms with Crippen LogP contribution in [0.2, 0.25) is 10.0 Å². The Morgan fingerprint density at radius 1 is 1.20 bits per heavy atom. The number of carbonyl (C=O) groups is 1. The first-order chi connectivity index (χ1) is 9.29. The van der Waals surface area contributed by atoms with Gasteiger partial charge in [0, 0.05) is 10.0 Å². The van der Waals surface area contributed by atoms with E-state index in [4.69, 9.17) is 28.3 Å². The molecule has 0 fully saturated rings. The van der Waals surface area contributed by atoms with Gasteiger partial charge < -0.3 is 5.11 Å². The van der Waals surface area contributed by atoms with Crippen molar-refractivity contribution in [2.45, 2.75) is 4.90 Å². The summed E-state index contributed by atoms with van der Waals surface area (Å²) in [5.74, 6) is -1.21. The Labute approximate surface area is 128 Å². The molecule has 0 saturated carbocycles. The molecule has 2 aromatic rings. The normalized spacial score (nSPS) is 11.3. The minimum Gasteiger partial charge on any atom is -0.478 e. The minimum absolute atomic E-state index is 0.0218. The van der Waals surface area contributed by atoms with E-state index in [1.54, 1.807) is 0 Å². The number of anilines is 1. The number of rotatable bonds is 4. The molecule has 1 heterocycles. The molecule has 0 unspecified atom stereocenters. The largest absolute Gasteiger partial charge is 0.478 e. The monoisotopic (exact) mass is 351 g/mol. The van der Waals surface area contributed by atoms with E-state index < -0.39 is 16.0 Å². The number of sulfonamides is 1. The third kappa shape index (κ3) is 3.24. The molecule has 0 bridgehead atoms. The van der Waals surface area contributed by atoms with Gasteiger partial charge in [0.2, 0.25) is 0 Å². The van der Waals surface area contributed by atoms with Gasteiger partial charge >= 0.3 is 5.97 Å². The highest BCUT2D eigenvalue weighted by molar-refractivity contribution is 7.93. The van der Waals surface area contributed by atoms with Crippen LogP contribution in [-0.4, -0.2) is 19.5 Å². The van der Waals surface area contributed by atoms with Gasteiger partial charge in [-0.2, -0.15) is 0 Å². The van der Waals surface area contributed by atoms with Crippen LogP contribution in [0.4, 0.5) is 5.00 Å². The zero-order chi connectivity index (χ0) is 14.9. The van der Waals surface area contributed by atoms with Crippen molar-refractivity contribution in [1.82, 2.24) is 0 Å². The summed E-state index contributed by atoms with van der Waals surface area (Å²) in [5.41, 5.74) is -0.119. The van der Waals surface area contributed by atoms with E-state index in [9.17, 15) is 13.2 Å². The van der Waals surface area contributed by atoms with Gasteiger partial charge in [-0.05, 0) is 29.6 Å². The smallest absolute Gasteiger partial charge is 0.338 e. The number of aromatic carboxylic acids is 1. The maximum absolute atomic E-state index is 12.2. The van der Waals surface area contributed by atoms with Crippen molar-refractivity contribution in [3.63, 3.8) is 0 Å². The predicted molar refractivity (Wildman–Crippen MR) is 78.5 cm³/mol. The van der Waals surface area contributed by atoms with E-state index in [0.717, 1.165) is 11.3 Å². The zero-order valence-corrected chi connectivity index (χ0v) is 12.8. The first-order valence-electron chi connectivity index (χ1n) is 5.09. The van der Waals surface area contributed by atoms with Crippen molar-refractivity contribution in [2.24, 2.45) is 0 Å². The second kappa shape index (κ2) is 5.61. The van der Waals surface area contributed by atoms with E-state index in [-0.39, 0.29) is 25.5 Å². The molecule has 20 heavy (non-hydrogen) atoms. The number of carboxylic acids is 1. The lowest BCUT2D eigenvalue weighted by Crippen LogP contribution is -2.14. The molecule has 0 aliphatic heterocycles. The Balaban J connectivity index is 2.41. The number of nitrogens with one attached hydrogen (secondary N) is 1. The average Bonchev–Trinajstić information content (AvgIpc) is 2.75. The first kappa shape index (κ1) is 15.1. The van der Waals surface area contributed by atoms with Crippen molar-refractivity contribution in [3.05, 3.63) is 45.3 Å². The quantitative estimate of drug-likeness (QED) is 0.881. The molecule has 0 aliphatic carbocycles. The van der Waals surface area contributed by atoms with Gasteiger partial charge in [-0.25, -0.2) is 13.2 Å². The highest BCUT2D eigenvalue weighted by Gasteiger charge is 2.20. The van der Waals surface area contributed by atoms with Crippen LogP contribution < -0.4 is 4.72 Å². The Morgan fingerprint density at radius 2 is 1.80 bits per heavy atom. The van der Waals surface area contributed by atoms with Gasteiger partial charge in [-0.1, -0.05) is 23.2 Å². The van der Waals surface area contributed by atoms with Crippen molar-refractivity contribution >= 4 is 55.5 Å². The molecule has 0 atom stereocenters. The summed E-state index contributed by atoms with van der Waals surface area (Å²) in [6, 6.07) is 5.17. The Hall–Kier alpha value is -1.28. The van der Waals surface area contributed by atoms with Gasteiger partial charge in [-0.15, -0.1) is 11.3 Å².